The lowest BCUT2D eigenvalue weighted by Gasteiger charge is -2.36. The topological polar surface area (TPSA) is 58.1 Å². The molecule has 1 saturated heterocycles. The molecule has 0 radical (unpaired) electrons. The van der Waals surface area contributed by atoms with Crippen molar-refractivity contribution in [2.45, 2.75) is 70.8 Å². The summed E-state index contributed by atoms with van der Waals surface area (Å²) in [4.78, 5) is 23.4. The Morgan fingerprint density at radius 3 is 3.00 bits per heavy atom. The van der Waals surface area contributed by atoms with Crippen LogP contribution in [0.1, 0.15) is 75.2 Å². The van der Waals surface area contributed by atoms with Crippen molar-refractivity contribution in [2.24, 2.45) is 0 Å². The van der Waals surface area contributed by atoms with Gasteiger partial charge in [-0.15, -0.1) is 0 Å². The monoisotopic (exact) mass is 342 g/mol. The van der Waals surface area contributed by atoms with Crippen LogP contribution in [0.2, 0.25) is 0 Å². The van der Waals surface area contributed by atoms with Gasteiger partial charge in [0, 0.05) is 25.2 Å². The number of piperidine rings is 1. The Labute approximate surface area is 150 Å². The second kappa shape index (κ2) is 8.97. The largest absolute Gasteiger partial charge is 0.354 e. The Hall–Kier alpha value is -1.91. The molecule has 0 saturated carbocycles. The van der Waals surface area contributed by atoms with E-state index in [1.807, 2.05) is 6.07 Å². The third-order valence-electron chi connectivity index (χ3n) is 5.39. The van der Waals surface area contributed by atoms with Crippen LogP contribution in [0, 0.1) is 0 Å². The van der Waals surface area contributed by atoms with E-state index >= 15 is 0 Å². The summed E-state index contributed by atoms with van der Waals surface area (Å²) in [5.41, 5.74) is 1.96. The lowest BCUT2D eigenvalue weighted by molar-refractivity contribution is 0.0949. The van der Waals surface area contributed by atoms with Gasteiger partial charge in [-0.2, -0.15) is 0 Å². The first kappa shape index (κ1) is 17.9. The van der Waals surface area contributed by atoms with E-state index in [9.17, 15) is 4.79 Å². The van der Waals surface area contributed by atoms with E-state index in [2.05, 4.69) is 33.2 Å². The Balaban J connectivity index is 1.58. The normalized spacial score (nSPS) is 20.9. The number of carbonyl (C=O) groups excluding carboxylic acids is 1. The van der Waals surface area contributed by atoms with Crippen molar-refractivity contribution < 1.29 is 4.79 Å². The summed E-state index contributed by atoms with van der Waals surface area (Å²) in [6.07, 6.45) is 14.5. The highest BCUT2D eigenvalue weighted by Gasteiger charge is 2.23. The van der Waals surface area contributed by atoms with Gasteiger partial charge in [0.15, 0.2) is 0 Å². The standard InChI is InChI=1S/C20H30N4O/c1-2-17-10-6-7-13-24(17)19-14-18(22-15-23-19)20(25)21-12-11-16-8-4-3-5-9-16/h8,14-15,17H,2-7,9-13H2,1H3,(H,21,25). The summed E-state index contributed by atoms with van der Waals surface area (Å²) in [6, 6.07) is 2.38. The summed E-state index contributed by atoms with van der Waals surface area (Å²) in [5, 5.41) is 3.01. The summed E-state index contributed by atoms with van der Waals surface area (Å²) < 4.78 is 0. The van der Waals surface area contributed by atoms with Gasteiger partial charge < -0.3 is 10.2 Å². The molecule has 25 heavy (non-hydrogen) atoms. The maximum Gasteiger partial charge on any atom is 0.270 e. The number of allylic oxidation sites excluding steroid dienone is 1. The minimum atomic E-state index is -0.0925. The van der Waals surface area contributed by atoms with Crippen LogP contribution in [0.25, 0.3) is 0 Å². The molecule has 1 aliphatic heterocycles. The van der Waals surface area contributed by atoms with Gasteiger partial charge in [0.1, 0.15) is 17.8 Å². The average Bonchev–Trinajstić information content (AvgIpc) is 2.69. The zero-order valence-electron chi connectivity index (χ0n) is 15.3. The number of nitrogens with zero attached hydrogens (tertiary/aromatic N) is 3. The minimum Gasteiger partial charge on any atom is -0.354 e. The molecule has 0 spiro atoms. The molecule has 2 heterocycles. The molecule has 1 aromatic rings. The van der Waals surface area contributed by atoms with Gasteiger partial charge in [0.25, 0.3) is 5.91 Å². The number of amides is 1. The highest BCUT2D eigenvalue weighted by Crippen LogP contribution is 2.25. The van der Waals surface area contributed by atoms with Gasteiger partial charge in [-0.25, -0.2) is 9.97 Å². The fourth-order valence-electron chi connectivity index (χ4n) is 3.91. The van der Waals surface area contributed by atoms with E-state index in [-0.39, 0.29) is 5.91 Å². The van der Waals surface area contributed by atoms with Gasteiger partial charge in [0.2, 0.25) is 0 Å². The predicted molar refractivity (Wildman–Crippen MR) is 101 cm³/mol. The van der Waals surface area contributed by atoms with Gasteiger partial charge in [-0.1, -0.05) is 18.6 Å². The summed E-state index contributed by atoms with van der Waals surface area (Å²) >= 11 is 0. The highest BCUT2D eigenvalue weighted by molar-refractivity contribution is 5.92. The van der Waals surface area contributed by atoms with Crippen LogP contribution < -0.4 is 10.2 Å². The lowest BCUT2D eigenvalue weighted by Crippen LogP contribution is -2.40. The van der Waals surface area contributed by atoms with Crippen molar-refractivity contribution in [3.8, 4) is 0 Å². The van der Waals surface area contributed by atoms with Crippen molar-refractivity contribution in [1.82, 2.24) is 15.3 Å². The van der Waals surface area contributed by atoms with Crippen molar-refractivity contribution >= 4 is 11.7 Å². The predicted octanol–water partition coefficient (Wildman–Crippen LogP) is 3.87. The summed E-state index contributed by atoms with van der Waals surface area (Å²) in [6.45, 7) is 3.92. The molecule has 136 valence electrons. The molecule has 2 aliphatic rings. The minimum absolute atomic E-state index is 0.0925. The van der Waals surface area contributed by atoms with Gasteiger partial charge in [0.05, 0.1) is 0 Å². The van der Waals surface area contributed by atoms with E-state index in [0.717, 1.165) is 25.2 Å². The smallest absolute Gasteiger partial charge is 0.270 e. The van der Waals surface area contributed by atoms with Crippen LogP contribution in [-0.4, -0.2) is 35.0 Å². The Bertz CT molecular complexity index is 613. The van der Waals surface area contributed by atoms with E-state index < -0.39 is 0 Å². The molecular weight excluding hydrogens is 312 g/mol. The Morgan fingerprint density at radius 2 is 2.20 bits per heavy atom. The Morgan fingerprint density at radius 1 is 1.28 bits per heavy atom. The second-order valence-corrected chi connectivity index (χ2v) is 7.13. The van der Waals surface area contributed by atoms with Crippen LogP contribution in [0.5, 0.6) is 0 Å². The lowest BCUT2D eigenvalue weighted by atomic mass is 9.97. The maximum absolute atomic E-state index is 12.4. The molecule has 3 rings (SSSR count). The van der Waals surface area contributed by atoms with E-state index in [1.165, 1.54) is 56.8 Å². The third-order valence-corrected chi connectivity index (χ3v) is 5.39. The average molecular weight is 342 g/mol. The number of hydrogen-bond donors (Lipinski definition) is 1. The highest BCUT2D eigenvalue weighted by atomic mass is 16.1. The number of carbonyl (C=O) groups is 1. The number of anilines is 1. The molecule has 1 aromatic heterocycles. The number of hydrogen-bond acceptors (Lipinski definition) is 4. The molecule has 1 aliphatic carbocycles. The van der Waals surface area contributed by atoms with Gasteiger partial charge in [-0.3, -0.25) is 4.79 Å². The third kappa shape index (κ3) is 4.80. The fraction of sp³-hybridized carbons (Fsp3) is 0.650. The quantitative estimate of drug-likeness (QED) is 0.798. The van der Waals surface area contributed by atoms with Crippen LogP contribution in [-0.2, 0) is 0 Å². The fourth-order valence-corrected chi connectivity index (χ4v) is 3.91. The Kier molecular flexibility index (Phi) is 6.42. The van der Waals surface area contributed by atoms with E-state index in [1.54, 1.807) is 0 Å². The molecule has 5 heteroatoms. The molecule has 0 bridgehead atoms. The molecular formula is C20H30N4O. The van der Waals surface area contributed by atoms with Crippen molar-refractivity contribution in [3.63, 3.8) is 0 Å². The zero-order valence-corrected chi connectivity index (χ0v) is 15.3. The molecule has 1 amide bonds. The number of aromatic nitrogens is 2. The van der Waals surface area contributed by atoms with E-state index in [0.29, 0.717) is 18.3 Å². The van der Waals surface area contributed by atoms with Crippen LogP contribution in [0.4, 0.5) is 5.82 Å². The second-order valence-electron chi connectivity index (χ2n) is 7.13. The van der Waals surface area contributed by atoms with Gasteiger partial charge in [-0.05, 0) is 57.8 Å². The SMILES string of the molecule is CCC1CCCCN1c1cc(C(=O)NCCC2=CCCCC2)ncn1. The molecule has 0 aromatic carbocycles. The van der Waals surface area contributed by atoms with Crippen molar-refractivity contribution in [2.75, 3.05) is 18.0 Å². The van der Waals surface area contributed by atoms with Crippen LogP contribution in [0.3, 0.4) is 0 Å². The molecule has 5 nitrogen and oxygen atoms in total. The molecule has 1 fully saturated rings. The summed E-state index contributed by atoms with van der Waals surface area (Å²) in [5.74, 6) is 0.798. The van der Waals surface area contributed by atoms with Crippen LogP contribution >= 0.6 is 0 Å². The maximum atomic E-state index is 12.4. The first-order chi connectivity index (χ1) is 12.3. The van der Waals surface area contributed by atoms with Gasteiger partial charge >= 0.3 is 0 Å². The zero-order chi connectivity index (χ0) is 17.5. The molecule has 1 unspecified atom stereocenters. The van der Waals surface area contributed by atoms with E-state index in [4.69, 9.17) is 0 Å². The number of rotatable bonds is 6. The summed E-state index contributed by atoms with van der Waals surface area (Å²) in [7, 11) is 0. The first-order valence-corrected chi connectivity index (χ1v) is 9.82. The first-order valence-electron chi connectivity index (χ1n) is 9.82. The molecule has 1 N–H and O–H groups in total. The molecule has 1 atom stereocenters. The van der Waals surface area contributed by atoms with Crippen molar-refractivity contribution in [3.05, 3.63) is 29.7 Å². The van der Waals surface area contributed by atoms with Crippen molar-refractivity contribution in [1.29, 1.82) is 0 Å². The van der Waals surface area contributed by atoms with Crippen LogP contribution in [0.15, 0.2) is 24.0 Å². The number of nitrogens with one attached hydrogen (secondary N) is 1.